The van der Waals surface area contributed by atoms with Crippen molar-refractivity contribution < 1.29 is 4.42 Å². The molecule has 5 nitrogen and oxygen atoms in total. The van der Waals surface area contributed by atoms with E-state index in [-0.39, 0.29) is 0 Å². The summed E-state index contributed by atoms with van der Waals surface area (Å²) in [6.07, 6.45) is 2.06. The highest BCUT2D eigenvalue weighted by atomic mass is 16.3. The molecule has 3 aromatic rings. The molecule has 1 aromatic carbocycles. The molecule has 25 heavy (non-hydrogen) atoms. The molecule has 0 saturated heterocycles. The van der Waals surface area contributed by atoms with Crippen molar-refractivity contribution in [3.8, 4) is 11.3 Å². The molecule has 0 amide bonds. The standard InChI is InChI=1S/C20H24N4O/c1-14(2)20-22-19-11-8-16(13-24(19)23-20)21-12-17-9-10-18(25-17)15-6-4-3-5-7-15/h3-7,9-10,14,16,21H,8,11-13H2,1-2H3. The van der Waals surface area contributed by atoms with Crippen LogP contribution < -0.4 is 5.32 Å². The minimum atomic E-state index is 0.379. The van der Waals surface area contributed by atoms with Crippen LogP contribution >= 0.6 is 0 Å². The van der Waals surface area contributed by atoms with Crippen LogP contribution in [0, 0.1) is 0 Å². The minimum absolute atomic E-state index is 0.379. The summed E-state index contributed by atoms with van der Waals surface area (Å²) in [5, 5.41) is 8.24. The van der Waals surface area contributed by atoms with E-state index in [1.165, 1.54) is 0 Å². The van der Waals surface area contributed by atoms with Crippen LogP contribution in [0.5, 0.6) is 0 Å². The van der Waals surface area contributed by atoms with Gasteiger partial charge in [0, 0.05) is 23.9 Å². The Hall–Kier alpha value is -2.40. The fraction of sp³-hybridized carbons (Fsp3) is 0.400. The summed E-state index contributed by atoms with van der Waals surface area (Å²) in [5.41, 5.74) is 1.11. The molecule has 5 heteroatoms. The van der Waals surface area contributed by atoms with Crippen molar-refractivity contribution in [2.45, 2.75) is 51.7 Å². The SMILES string of the molecule is CC(C)c1nc2n(n1)CC(NCc1ccc(-c3ccccc3)o1)CC2. The number of furan rings is 1. The van der Waals surface area contributed by atoms with Crippen LogP contribution in [-0.4, -0.2) is 20.8 Å². The van der Waals surface area contributed by atoms with Crippen LogP contribution in [-0.2, 0) is 19.5 Å². The lowest BCUT2D eigenvalue weighted by atomic mass is 10.1. The molecule has 2 aromatic heterocycles. The third kappa shape index (κ3) is 3.51. The Morgan fingerprint density at radius 1 is 1.20 bits per heavy atom. The Kier molecular flexibility index (Phi) is 4.40. The van der Waals surface area contributed by atoms with Crippen LogP contribution in [0.15, 0.2) is 46.9 Å². The number of fused-ring (bicyclic) bond motifs is 1. The lowest BCUT2D eigenvalue weighted by Gasteiger charge is -2.23. The second-order valence-electron chi connectivity index (χ2n) is 6.97. The van der Waals surface area contributed by atoms with E-state index < -0.39 is 0 Å². The average Bonchev–Trinajstić information content (AvgIpc) is 3.27. The minimum Gasteiger partial charge on any atom is -0.460 e. The zero-order chi connectivity index (χ0) is 17.2. The maximum Gasteiger partial charge on any atom is 0.153 e. The van der Waals surface area contributed by atoms with Gasteiger partial charge in [0.2, 0.25) is 0 Å². The summed E-state index contributed by atoms with van der Waals surface area (Å²) >= 11 is 0. The molecule has 1 N–H and O–H groups in total. The first kappa shape index (κ1) is 16.1. The molecule has 0 radical (unpaired) electrons. The monoisotopic (exact) mass is 336 g/mol. The van der Waals surface area contributed by atoms with Gasteiger partial charge in [0.15, 0.2) is 5.82 Å². The summed E-state index contributed by atoms with van der Waals surface area (Å²) in [7, 11) is 0. The second kappa shape index (κ2) is 6.84. The Morgan fingerprint density at radius 3 is 2.84 bits per heavy atom. The predicted octanol–water partition coefficient (Wildman–Crippen LogP) is 3.77. The maximum absolute atomic E-state index is 5.97. The zero-order valence-corrected chi connectivity index (χ0v) is 14.8. The van der Waals surface area contributed by atoms with E-state index >= 15 is 0 Å². The number of benzene rings is 1. The highest BCUT2D eigenvalue weighted by Gasteiger charge is 2.22. The number of hydrogen-bond donors (Lipinski definition) is 1. The third-order valence-corrected chi connectivity index (χ3v) is 4.68. The van der Waals surface area contributed by atoms with Crippen LogP contribution in [0.25, 0.3) is 11.3 Å². The zero-order valence-electron chi connectivity index (χ0n) is 14.8. The van der Waals surface area contributed by atoms with Gasteiger partial charge in [0.05, 0.1) is 13.1 Å². The van der Waals surface area contributed by atoms with Crippen molar-refractivity contribution in [2.75, 3.05) is 0 Å². The first-order chi connectivity index (χ1) is 12.2. The molecule has 0 bridgehead atoms. The van der Waals surface area contributed by atoms with Gasteiger partial charge in [0.25, 0.3) is 0 Å². The van der Waals surface area contributed by atoms with Crippen molar-refractivity contribution in [3.05, 3.63) is 59.9 Å². The van der Waals surface area contributed by atoms with Gasteiger partial charge in [-0.2, -0.15) is 5.10 Å². The molecular formula is C20H24N4O. The number of hydrogen-bond acceptors (Lipinski definition) is 4. The van der Waals surface area contributed by atoms with Crippen molar-refractivity contribution in [1.29, 1.82) is 0 Å². The molecular weight excluding hydrogens is 312 g/mol. The van der Waals surface area contributed by atoms with E-state index in [4.69, 9.17) is 4.42 Å². The lowest BCUT2D eigenvalue weighted by Crippen LogP contribution is -2.37. The largest absolute Gasteiger partial charge is 0.460 e. The van der Waals surface area contributed by atoms with E-state index in [0.29, 0.717) is 12.0 Å². The van der Waals surface area contributed by atoms with Gasteiger partial charge < -0.3 is 9.73 Å². The summed E-state index contributed by atoms with van der Waals surface area (Å²) in [6.45, 7) is 5.89. The third-order valence-electron chi connectivity index (χ3n) is 4.68. The van der Waals surface area contributed by atoms with Gasteiger partial charge in [-0.1, -0.05) is 44.2 Å². The van der Waals surface area contributed by atoms with E-state index in [0.717, 1.165) is 54.7 Å². The number of aryl methyl sites for hydroxylation is 1. The summed E-state index contributed by atoms with van der Waals surface area (Å²) in [6, 6.07) is 14.7. The molecule has 130 valence electrons. The molecule has 0 saturated carbocycles. The van der Waals surface area contributed by atoms with Gasteiger partial charge in [-0.15, -0.1) is 0 Å². The van der Waals surface area contributed by atoms with Gasteiger partial charge in [-0.3, -0.25) is 0 Å². The predicted molar refractivity (Wildman–Crippen MR) is 97.2 cm³/mol. The van der Waals surface area contributed by atoms with E-state index in [2.05, 4.69) is 52.1 Å². The molecule has 0 fully saturated rings. The molecule has 4 rings (SSSR count). The molecule has 1 aliphatic heterocycles. The molecule has 3 heterocycles. The van der Waals surface area contributed by atoms with E-state index in [1.54, 1.807) is 0 Å². The first-order valence-corrected chi connectivity index (χ1v) is 9.00. The van der Waals surface area contributed by atoms with Crippen LogP contribution in [0.2, 0.25) is 0 Å². The Balaban J connectivity index is 1.37. The maximum atomic E-state index is 5.97. The normalized spacial score (nSPS) is 17.0. The van der Waals surface area contributed by atoms with Crippen molar-refractivity contribution >= 4 is 0 Å². The Bertz CT molecular complexity index is 835. The number of nitrogens with one attached hydrogen (secondary N) is 1. The van der Waals surface area contributed by atoms with Crippen molar-refractivity contribution in [2.24, 2.45) is 0 Å². The Labute approximate surface area is 148 Å². The lowest BCUT2D eigenvalue weighted by molar-refractivity contribution is 0.345. The highest BCUT2D eigenvalue weighted by Crippen LogP contribution is 2.22. The van der Waals surface area contributed by atoms with Gasteiger partial charge >= 0.3 is 0 Å². The molecule has 0 spiro atoms. The fourth-order valence-electron chi connectivity index (χ4n) is 3.21. The fourth-order valence-corrected chi connectivity index (χ4v) is 3.21. The first-order valence-electron chi connectivity index (χ1n) is 9.00. The van der Waals surface area contributed by atoms with Crippen molar-refractivity contribution in [1.82, 2.24) is 20.1 Å². The van der Waals surface area contributed by atoms with Crippen molar-refractivity contribution in [3.63, 3.8) is 0 Å². The number of aromatic nitrogens is 3. The highest BCUT2D eigenvalue weighted by molar-refractivity contribution is 5.57. The van der Waals surface area contributed by atoms with E-state index in [1.807, 2.05) is 24.3 Å². The van der Waals surface area contributed by atoms with Crippen LogP contribution in [0.4, 0.5) is 0 Å². The number of rotatable bonds is 5. The average molecular weight is 336 g/mol. The van der Waals surface area contributed by atoms with Gasteiger partial charge in [-0.25, -0.2) is 9.67 Å². The molecule has 1 aliphatic rings. The van der Waals surface area contributed by atoms with Gasteiger partial charge in [-0.05, 0) is 18.6 Å². The molecule has 0 aliphatic carbocycles. The molecule has 1 unspecified atom stereocenters. The van der Waals surface area contributed by atoms with E-state index in [9.17, 15) is 0 Å². The topological polar surface area (TPSA) is 55.9 Å². The Morgan fingerprint density at radius 2 is 2.04 bits per heavy atom. The summed E-state index contributed by atoms with van der Waals surface area (Å²) in [5.74, 6) is 4.33. The van der Waals surface area contributed by atoms with Crippen LogP contribution in [0.3, 0.4) is 0 Å². The smallest absolute Gasteiger partial charge is 0.153 e. The second-order valence-corrected chi connectivity index (χ2v) is 6.97. The molecule has 1 atom stereocenters. The van der Waals surface area contributed by atoms with Crippen LogP contribution in [0.1, 0.15) is 43.6 Å². The summed E-state index contributed by atoms with van der Waals surface area (Å²) < 4.78 is 8.03. The van der Waals surface area contributed by atoms with Gasteiger partial charge in [0.1, 0.15) is 17.3 Å². The summed E-state index contributed by atoms with van der Waals surface area (Å²) in [4.78, 5) is 4.65. The quantitative estimate of drug-likeness (QED) is 0.771. The number of nitrogens with zero attached hydrogens (tertiary/aromatic N) is 3.